The van der Waals surface area contributed by atoms with Crippen molar-refractivity contribution in [1.29, 1.82) is 0 Å². The summed E-state index contributed by atoms with van der Waals surface area (Å²) in [6.45, 7) is 7.14. The van der Waals surface area contributed by atoms with Gasteiger partial charge in [0, 0.05) is 19.3 Å². The summed E-state index contributed by atoms with van der Waals surface area (Å²) >= 11 is 0. The number of allylic oxidation sites excluding steroid dienone is 1. The molecule has 0 saturated heterocycles. The molecule has 4 aliphatic rings. The summed E-state index contributed by atoms with van der Waals surface area (Å²) in [7, 11) is 0. The maximum absolute atomic E-state index is 12.1. The van der Waals surface area contributed by atoms with Gasteiger partial charge in [0.15, 0.2) is 5.78 Å². The van der Waals surface area contributed by atoms with Crippen LogP contribution in [0.4, 0.5) is 0 Å². The van der Waals surface area contributed by atoms with Crippen LogP contribution in [0.2, 0.25) is 0 Å². The van der Waals surface area contributed by atoms with Gasteiger partial charge in [-0.3, -0.25) is 9.59 Å². The fourth-order valence-corrected chi connectivity index (χ4v) is 6.69. The van der Waals surface area contributed by atoms with Crippen molar-refractivity contribution in [2.24, 2.45) is 34.5 Å². The number of ketones is 2. The fourth-order valence-electron chi connectivity index (χ4n) is 6.69. The Morgan fingerprint density at radius 2 is 1.86 bits per heavy atom. The summed E-state index contributed by atoms with van der Waals surface area (Å²) in [5.41, 5.74) is 1.90. The van der Waals surface area contributed by atoms with Crippen LogP contribution in [0.5, 0.6) is 0 Å². The van der Waals surface area contributed by atoms with E-state index in [1.165, 1.54) is 18.4 Å². The number of fused-ring (bicyclic) bond motifs is 5. The van der Waals surface area contributed by atoms with E-state index in [9.17, 15) is 9.59 Å². The van der Waals surface area contributed by atoms with E-state index in [-0.39, 0.29) is 10.8 Å². The van der Waals surface area contributed by atoms with Gasteiger partial charge in [0.05, 0.1) is 0 Å². The Balaban J connectivity index is 1.75. The van der Waals surface area contributed by atoms with Gasteiger partial charge in [0.2, 0.25) is 0 Å². The quantitative estimate of drug-likeness (QED) is 0.667. The second-order valence-corrected chi connectivity index (χ2v) is 9.14. The van der Waals surface area contributed by atoms with E-state index in [0.29, 0.717) is 35.2 Å². The van der Waals surface area contributed by atoms with Crippen molar-refractivity contribution in [3.8, 4) is 0 Å². The van der Waals surface area contributed by atoms with Crippen LogP contribution in [0.1, 0.15) is 65.7 Å². The molecule has 0 N–H and O–H groups in total. The Bertz CT molecular complexity index is 574. The minimum absolute atomic E-state index is 0.220. The molecule has 22 heavy (non-hydrogen) atoms. The normalized spacial score (nSPS) is 51.0. The molecule has 4 aliphatic carbocycles. The van der Waals surface area contributed by atoms with Gasteiger partial charge >= 0.3 is 0 Å². The summed E-state index contributed by atoms with van der Waals surface area (Å²) in [5, 5.41) is 0. The van der Waals surface area contributed by atoms with E-state index < -0.39 is 0 Å². The zero-order chi connectivity index (χ0) is 15.7. The maximum atomic E-state index is 12.1. The SMILES string of the molecule is CC1CC2=CC(=O)CCC2(C)C2CCC3(C)CC(=O)CC3C12. The molecule has 0 aromatic heterocycles. The number of rotatable bonds is 0. The number of hydrogen-bond acceptors (Lipinski definition) is 2. The van der Waals surface area contributed by atoms with E-state index in [4.69, 9.17) is 0 Å². The molecule has 3 saturated carbocycles. The molecule has 0 heterocycles. The molecule has 4 rings (SSSR count). The van der Waals surface area contributed by atoms with Gasteiger partial charge in [-0.25, -0.2) is 0 Å². The van der Waals surface area contributed by atoms with Crippen LogP contribution in [0.15, 0.2) is 11.6 Å². The third-order valence-electron chi connectivity index (χ3n) is 7.88. The van der Waals surface area contributed by atoms with Crippen molar-refractivity contribution in [3.05, 3.63) is 11.6 Å². The Kier molecular flexibility index (Phi) is 3.03. The fraction of sp³-hybridized carbons (Fsp3) is 0.800. The van der Waals surface area contributed by atoms with Crippen molar-refractivity contribution in [2.45, 2.75) is 65.7 Å². The van der Waals surface area contributed by atoms with Crippen LogP contribution in [-0.4, -0.2) is 11.6 Å². The zero-order valence-electron chi connectivity index (χ0n) is 14.2. The highest BCUT2D eigenvalue weighted by atomic mass is 16.1. The van der Waals surface area contributed by atoms with Crippen LogP contribution in [0.3, 0.4) is 0 Å². The van der Waals surface area contributed by atoms with Gasteiger partial charge in [-0.05, 0) is 66.3 Å². The van der Waals surface area contributed by atoms with Crippen LogP contribution in [0.25, 0.3) is 0 Å². The minimum Gasteiger partial charge on any atom is -0.300 e. The van der Waals surface area contributed by atoms with Gasteiger partial charge < -0.3 is 0 Å². The van der Waals surface area contributed by atoms with Gasteiger partial charge in [0.25, 0.3) is 0 Å². The van der Waals surface area contributed by atoms with E-state index in [1.54, 1.807) is 0 Å². The van der Waals surface area contributed by atoms with Crippen LogP contribution in [0, 0.1) is 34.5 Å². The largest absolute Gasteiger partial charge is 0.300 e. The van der Waals surface area contributed by atoms with Crippen LogP contribution < -0.4 is 0 Å². The van der Waals surface area contributed by atoms with Gasteiger partial charge in [0.1, 0.15) is 5.78 Å². The van der Waals surface area contributed by atoms with Gasteiger partial charge in [-0.2, -0.15) is 0 Å². The molecule has 2 heteroatoms. The van der Waals surface area contributed by atoms with Crippen LogP contribution >= 0.6 is 0 Å². The Morgan fingerprint density at radius 3 is 2.64 bits per heavy atom. The van der Waals surface area contributed by atoms with Gasteiger partial charge in [-0.15, -0.1) is 0 Å². The predicted octanol–water partition coefficient (Wildman–Crippen LogP) is 4.33. The molecule has 6 atom stereocenters. The van der Waals surface area contributed by atoms with Crippen molar-refractivity contribution < 1.29 is 9.59 Å². The first kappa shape index (κ1) is 14.7. The minimum atomic E-state index is 0.220. The Labute approximate surface area is 133 Å². The monoisotopic (exact) mass is 300 g/mol. The highest BCUT2D eigenvalue weighted by Crippen LogP contribution is 2.65. The highest BCUT2D eigenvalue weighted by Gasteiger charge is 2.59. The third kappa shape index (κ3) is 1.85. The van der Waals surface area contributed by atoms with Crippen molar-refractivity contribution in [1.82, 2.24) is 0 Å². The third-order valence-corrected chi connectivity index (χ3v) is 7.88. The molecule has 0 aromatic rings. The molecule has 0 aliphatic heterocycles. The molecular formula is C20H28O2. The summed E-state index contributed by atoms with van der Waals surface area (Å²) in [6.07, 6.45) is 8.88. The van der Waals surface area contributed by atoms with Crippen molar-refractivity contribution >= 4 is 11.6 Å². The first-order chi connectivity index (χ1) is 10.3. The first-order valence-corrected chi connectivity index (χ1v) is 9.09. The lowest BCUT2D eigenvalue weighted by molar-refractivity contribution is -0.118. The molecule has 120 valence electrons. The van der Waals surface area contributed by atoms with E-state index in [1.807, 2.05) is 6.08 Å². The molecule has 6 unspecified atom stereocenters. The number of carbonyl (C=O) groups excluding carboxylic acids is 2. The Morgan fingerprint density at radius 1 is 1.09 bits per heavy atom. The predicted molar refractivity (Wildman–Crippen MR) is 86.3 cm³/mol. The molecule has 0 amide bonds. The average molecular weight is 300 g/mol. The maximum Gasteiger partial charge on any atom is 0.155 e. The molecule has 0 spiro atoms. The summed E-state index contributed by atoms with van der Waals surface area (Å²) in [6, 6.07) is 0. The molecular weight excluding hydrogens is 272 g/mol. The van der Waals surface area contributed by atoms with Crippen molar-refractivity contribution in [3.63, 3.8) is 0 Å². The van der Waals surface area contributed by atoms with E-state index >= 15 is 0 Å². The van der Waals surface area contributed by atoms with Crippen LogP contribution in [-0.2, 0) is 9.59 Å². The molecule has 0 aromatic carbocycles. The molecule has 0 radical (unpaired) electrons. The zero-order valence-corrected chi connectivity index (χ0v) is 14.2. The van der Waals surface area contributed by atoms with E-state index in [0.717, 1.165) is 32.1 Å². The smallest absolute Gasteiger partial charge is 0.155 e. The van der Waals surface area contributed by atoms with Gasteiger partial charge in [-0.1, -0.05) is 26.3 Å². The molecule has 0 bridgehead atoms. The van der Waals surface area contributed by atoms with Crippen molar-refractivity contribution in [2.75, 3.05) is 0 Å². The molecule has 3 fully saturated rings. The summed E-state index contributed by atoms with van der Waals surface area (Å²) in [5.74, 6) is 3.39. The summed E-state index contributed by atoms with van der Waals surface area (Å²) < 4.78 is 0. The topological polar surface area (TPSA) is 34.1 Å². The first-order valence-electron chi connectivity index (χ1n) is 9.09. The van der Waals surface area contributed by atoms with E-state index in [2.05, 4.69) is 20.8 Å². The number of Topliss-reactive ketones (excluding diaryl/α,β-unsaturated/α-hetero) is 1. The standard InChI is InChI=1S/C20H28O2/c1-12-8-13-9-14(21)4-7-20(13,3)16-5-6-19(2)11-15(22)10-17(19)18(12)16/h9,12,16-18H,4-8,10-11H2,1-3H3. The summed E-state index contributed by atoms with van der Waals surface area (Å²) in [4.78, 5) is 24.0. The second kappa shape index (κ2) is 4.55. The lowest BCUT2D eigenvalue weighted by Gasteiger charge is -2.59. The highest BCUT2D eigenvalue weighted by molar-refractivity contribution is 5.91. The molecule has 2 nitrogen and oxygen atoms in total. The lowest BCUT2D eigenvalue weighted by atomic mass is 9.45. The number of carbonyl (C=O) groups is 2. The Hall–Kier alpha value is -0.920. The second-order valence-electron chi connectivity index (χ2n) is 9.14. The average Bonchev–Trinajstić information content (AvgIpc) is 2.75. The lowest BCUT2D eigenvalue weighted by Crippen LogP contribution is -2.52. The number of hydrogen-bond donors (Lipinski definition) is 0.